The van der Waals surface area contributed by atoms with Gasteiger partial charge in [0.2, 0.25) is 0 Å². The first kappa shape index (κ1) is 17.0. The molecule has 1 atom stereocenters. The Labute approximate surface area is 121 Å². The van der Waals surface area contributed by atoms with Crippen LogP contribution in [-0.2, 0) is 0 Å². The first-order chi connectivity index (χ1) is 9.06. The Kier molecular flexibility index (Phi) is 7.38. The maximum absolute atomic E-state index is 3.64. The highest BCUT2D eigenvalue weighted by Crippen LogP contribution is 2.38. The fourth-order valence-electron chi connectivity index (χ4n) is 3.39. The van der Waals surface area contributed by atoms with Crippen LogP contribution in [-0.4, -0.2) is 37.1 Å². The molecular weight excluding hydrogens is 232 g/mol. The van der Waals surface area contributed by atoms with E-state index in [4.69, 9.17) is 0 Å². The molecule has 0 bridgehead atoms. The maximum atomic E-state index is 3.64. The van der Waals surface area contributed by atoms with Crippen molar-refractivity contribution in [2.45, 2.75) is 72.8 Å². The Morgan fingerprint density at radius 2 is 1.58 bits per heavy atom. The van der Waals surface area contributed by atoms with Crippen LogP contribution >= 0.6 is 0 Å². The van der Waals surface area contributed by atoms with Gasteiger partial charge in [-0.3, -0.25) is 4.90 Å². The molecular formula is C17H36N2. The number of likely N-dealkylation sites (tertiary alicyclic amines) is 1. The second-order valence-corrected chi connectivity index (χ2v) is 6.86. The van der Waals surface area contributed by atoms with E-state index in [2.05, 4.69) is 44.8 Å². The molecule has 1 saturated heterocycles. The molecule has 2 heteroatoms. The monoisotopic (exact) mass is 268 g/mol. The fourth-order valence-corrected chi connectivity index (χ4v) is 3.39. The van der Waals surface area contributed by atoms with Gasteiger partial charge in [0, 0.05) is 12.6 Å². The standard InChI is InChI=1S/C17H36N2/c1-6-16(14-18-13-15(4)5)19-11-9-17(7-2,8-3)10-12-19/h15-16,18H,6-14H2,1-5H3. The van der Waals surface area contributed by atoms with E-state index in [-0.39, 0.29) is 0 Å². The molecule has 2 nitrogen and oxygen atoms in total. The molecule has 0 saturated carbocycles. The Bertz CT molecular complexity index is 223. The quantitative estimate of drug-likeness (QED) is 0.718. The predicted molar refractivity (Wildman–Crippen MR) is 85.6 cm³/mol. The van der Waals surface area contributed by atoms with Gasteiger partial charge >= 0.3 is 0 Å². The lowest BCUT2D eigenvalue weighted by molar-refractivity contribution is 0.0641. The zero-order valence-corrected chi connectivity index (χ0v) is 14.0. The summed E-state index contributed by atoms with van der Waals surface area (Å²) < 4.78 is 0. The fraction of sp³-hybridized carbons (Fsp3) is 1.00. The van der Waals surface area contributed by atoms with Gasteiger partial charge in [-0.1, -0.05) is 47.5 Å². The molecule has 1 heterocycles. The second kappa shape index (κ2) is 8.26. The van der Waals surface area contributed by atoms with E-state index in [0.29, 0.717) is 5.41 Å². The molecule has 1 aliphatic heterocycles. The zero-order valence-electron chi connectivity index (χ0n) is 14.0. The molecule has 1 fully saturated rings. The molecule has 19 heavy (non-hydrogen) atoms. The van der Waals surface area contributed by atoms with Gasteiger partial charge < -0.3 is 5.32 Å². The highest BCUT2D eigenvalue weighted by Gasteiger charge is 2.32. The van der Waals surface area contributed by atoms with Crippen molar-refractivity contribution in [2.24, 2.45) is 11.3 Å². The van der Waals surface area contributed by atoms with Crippen LogP contribution in [0.3, 0.4) is 0 Å². The molecule has 0 radical (unpaired) electrons. The zero-order chi connectivity index (χ0) is 14.3. The summed E-state index contributed by atoms with van der Waals surface area (Å²) in [6, 6.07) is 0.741. The number of hydrogen-bond acceptors (Lipinski definition) is 2. The van der Waals surface area contributed by atoms with Crippen LogP contribution < -0.4 is 5.32 Å². The summed E-state index contributed by atoms with van der Waals surface area (Å²) in [6.45, 7) is 16.6. The lowest BCUT2D eigenvalue weighted by Gasteiger charge is -2.44. The van der Waals surface area contributed by atoms with E-state index in [0.717, 1.165) is 18.5 Å². The largest absolute Gasteiger partial charge is 0.315 e. The van der Waals surface area contributed by atoms with Crippen LogP contribution in [0.2, 0.25) is 0 Å². The Balaban J connectivity index is 2.38. The molecule has 0 spiro atoms. The first-order valence-corrected chi connectivity index (χ1v) is 8.51. The third-order valence-electron chi connectivity index (χ3n) is 5.28. The molecule has 114 valence electrons. The van der Waals surface area contributed by atoms with Gasteiger partial charge in [-0.05, 0) is 50.2 Å². The molecule has 0 aromatic heterocycles. The minimum atomic E-state index is 0.653. The molecule has 0 aliphatic carbocycles. The van der Waals surface area contributed by atoms with E-state index in [1.54, 1.807) is 0 Å². The Morgan fingerprint density at radius 3 is 2.00 bits per heavy atom. The van der Waals surface area contributed by atoms with E-state index in [9.17, 15) is 0 Å². The van der Waals surface area contributed by atoms with Gasteiger partial charge in [-0.15, -0.1) is 0 Å². The van der Waals surface area contributed by atoms with Crippen LogP contribution in [0.5, 0.6) is 0 Å². The Hall–Kier alpha value is -0.0800. The molecule has 0 amide bonds. The minimum absolute atomic E-state index is 0.653. The topological polar surface area (TPSA) is 15.3 Å². The minimum Gasteiger partial charge on any atom is -0.315 e. The van der Waals surface area contributed by atoms with Crippen molar-refractivity contribution in [2.75, 3.05) is 26.2 Å². The summed E-state index contributed by atoms with van der Waals surface area (Å²) in [5.41, 5.74) is 0.653. The number of nitrogens with zero attached hydrogens (tertiary/aromatic N) is 1. The summed E-state index contributed by atoms with van der Waals surface area (Å²) in [6.07, 6.45) is 6.80. The normalized spacial score (nSPS) is 21.8. The number of nitrogens with one attached hydrogen (secondary N) is 1. The van der Waals surface area contributed by atoms with Gasteiger partial charge in [0.25, 0.3) is 0 Å². The van der Waals surface area contributed by atoms with Crippen LogP contribution in [0.1, 0.15) is 66.7 Å². The van der Waals surface area contributed by atoms with Crippen LogP contribution in [0, 0.1) is 11.3 Å². The van der Waals surface area contributed by atoms with Crippen LogP contribution in [0.4, 0.5) is 0 Å². The molecule has 1 unspecified atom stereocenters. The van der Waals surface area contributed by atoms with Crippen molar-refractivity contribution in [3.63, 3.8) is 0 Å². The molecule has 0 aromatic carbocycles. The summed E-state index contributed by atoms with van der Waals surface area (Å²) in [7, 11) is 0. The van der Waals surface area contributed by atoms with Gasteiger partial charge in [0.15, 0.2) is 0 Å². The van der Waals surface area contributed by atoms with E-state index in [1.807, 2.05) is 0 Å². The van der Waals surface area contributed by atoms with Crippen molar-refractivity contribution in [3.8, 4) is 0 Å². The third kappa shape index (κ3) is 5.07. The molecule has 1 N–H and O–H groups in total. The van der Waals surface area contributed by atoms with Gasteiger partial charge in [-0.2, -0.15) is 0 Å². The molecule has 1 rings (SSSR count). The smallest absolute Gasteiger partial charge is 0.0218 e. The van der Waals surface area contributed by atoms with Crippen molar-refractivity contribution in [3.05, 3.63) is 0 Å². The predicted octanol–water partition coefficient (Wildman–Crippen LogP) is 3.91. The van der Waals surface area contributed by atoms with Crippen molar-refractivity contribution in [1.82, 2.24) is 10.2 Å². The average molecular weight is 268 g/mol. The lowest BCUT2D eigenvalue weighted by atomic mass is 9.74. The summed E-state index contributed by atoms with van der Waals surface area (Å²) in [5.74, 6) is 0.756. The van der Waals surface area contributed by atoms with Crippen molar-refractivity contribution < 1.29 is 0 Å². The van der Waals surface area contributed by atoms with Gasteiger partial charge in [-0.25, -0.2) is 0 Å². The summed E-state index contributed by atoms with van der Waals surface area (Å²) >= 11 is 0. The number of piperidine rings is 1. The maximum Gasteiger partial charge on any atom is 0.0218 e. The molecule has 0 aromatic rings. The molecule has 1 aliphatic rings. The highest BCUT2D eigenvalue weighted by atomic mass is 15.2. The summed E-state index contributed by atoms with van der Waals surface area (Å²) in [5, 5.41) is 3.64. The highest BCUT2D eigenvalue weighted by molar-refractivity contribution is 4.87. The van der Waals surface area contributed by atoms with Crippen LogP contribution in [0.25, 0.3) is 0 Å². The van der Waals surface area contributed by atoms with E-state index < -0.39 is 0 Å². The first-order valence-electron chi connectivity index (χ1n) is 8.51. The Morgan fingerprint density at radius 1 is 1.00 bits per heavy atom. The van der Waals surface area contributed by atoms with Crippen LogP contribution in [0.15, 0.2) is 0 Å². The third-order valence-corrected chi connectivity index (χ3v) is 5.28. The van der Waals surface area contributed by atoms with Crippen molar-refractivity contribution in [1.29, 1.82) is 0 Å². The number of hydrogen-bond donors (Lipinski definition) is 1. The number of rotatable bonds is 8. The van der Waals surface area contributed by atoms with E-state index >= 15 is 0 Å². The SMILES string of the molecule is CCC(CNCC(C)C)N1CCC(CC)(CC)CC1. The second-order valence-electron chi connectivity index (χ2n) is 6.86. The van der Waals surface area contributed by atoms with Gasteiger partial charge in [0.05, 0.1) is 0 Å². The lowest BCUT2D eigenvalue weighted by Crippen LogP contribution is -2.48. The van der Waals surface area contributed by atoms with E-state index in [1.165, 1.54) is 51.7 Å². The van der Waals surface area contributed by atoms with Crippen molar-refractivity contribution >= 4 is 0 Å². The summed E-state index contributed by atoms with van der Waals surface area (Å²) in [4.78, 5) is 2.73. The average Bonchev–Trinajstić information content (AvgIpc) is 2.44. The van der Waals surface area contributed by atoms with Gasteiger partial charge in [0.1, 0.15) is 0 Å².